The minimum atomic E-state index is -0.916. The van der Waals surface area contributed by atoms with Gasteiger partial charge in [0.2, 0.25) is 0 Å². The average Bonchev–Trinajstić information content (AvgIpc) is 2.32. The van der Waals surface area contributed by atoms with E-state index in [1.807, 2.05) is 0 Å². The Labute approximate surface area is 110 Å². The smallest absolute Gasteiger partial charge is 0.321 e. The van der Waals surface area contributed by atoms with Gasteiger partial charge in [-0.05, 0) is 28.1 Å². The lowest BCUT2D eigenvalue weighted by molar-refractivity contribution is 0.0994. The number of rotatable bonds is 3. The molecule has 0 spiro atoms. The first-order chi connectivity index (χ1) is 8.58. The van der Waals surface area contributed by atoms with Crippen LogP contribution < -0.4 is 10.5 Å². The lowest BCUT2D eigenvalue weighted by Gasteiger charge is -2.07. The Morgan fingerprint density at radius 3 is 2.61 bits per heavy atom. The maximum atomic E-state index is 13.4. The van der Waals surface area contributed by atoms with Gasteiger partial charge in [-0.2, -0.15) is 0 Å². The number of benzene rings is 1. The Hall–Kier alpha value is -2.02. The summed E-state index contributed by atoms with van der Waals surface area (Å²) in [4.78, 5) is 18.8. The van der Waals surface area contributed by atoms with Gasteiger partial charge in [0.1, 0.15) is 17.1 Å². The summed E-state index contributed by atoms with van der Waals surface area (Å²) in [6, 6.07) is 3.92. The van der Waals surface area contributed by atoms with Gasteiger partial charge in [-0.3, -0.25) is 4.79 Å². The predicted octanol–water partition coefficient (Wildman–Crippen LogP) is 2.27. The van der Waals surface area contributed by atoms with E-state index in [1.54, 1.807) is 0 Å². The lowest BCUT2D eigenvalue weighted by Crippen LogP contribution is -2.14. The van der Waals surface area contributed by atoms with Crippen molar-refractivity contribution in [2.45, 2.75) is 0 Å². The quantitative estimate of drug-likeness (QED) is 0.943. The fourth-order valence-electron chi connectivity index (χ4n) is 1.28. The summed E-state index contributed by atoms with van der Waals surface area (Å²) in [5.74, 6) is -1.69. The SMILES string of the molecule is NC(=O)c1c(F)cccc1Oc1ncc(Br)cn1. The van der Waals surface area contributed by atoms with E-state index in [2.05, 4.69) is 25.9 Å². The molecular weight excluding hydrogens is 305 g/mol. The van der Waals surface area contributed by atoms with Crippen molar-refractivity contribution in [1.82, 2.24) is 9.97 Å². The second-order valence-corrected chi connectivity index (χ2v) is 4.18. The summed E-state index contributed by atoms with van der Waals surface area (Å²) in [6.45, 7) is 0. The van der Waals surface area contributed by atoms with Gasteiger partial charge in [0, 0.05) is 12.4 Å². The van der Waals surface area contributed by atoms with E-state index in [1.165, 1.54) is 24.5 Å². The number of nitrogens with zero attached hydrogens (tertiary/aromatic N) is 2. The summed E-state index contributed by atoms with van der Waals surface area (Å²) >= 11 is 3.17. The molecule has 0 radical (unpaired) electrons. The molecule has 1 amide bonds. The predicted molar refractivity (Wildman–Crippen MR) is 64.7 cm³/mol. The standard InChI is InChI=1S/C11H7BrFN3O2/c12-6-4-15-11(16-5-6)18-8-3-1-2-7(13)9(8)10(14)17/h1-5H,(H2,14,17). The van der Waals surface area contributed by atoms with Crippen molar-refractivity contribution < 1.29 is 13.9 Å². The average molecular weight is 312 g/mol. The number of hydrogen-bond acceptors (Lipinski definition) is 4. The second-order valence-electron chi connectivity index (χ2n) is 3.26. The molecule has 0 bridgehead atoms. The molecule has 92 valence electrons. The van der Waals surface area contributed by atoms with E-state index in [0.717, 1.165) is 6.07 Å². The van der Waals surface area contributed by atoms with Crippen molar-refractivity contribution in [3.63, 3.8) is 0 Å². The number of nitrogens with two attached hydrogens (primary N) is 1. The van der Waals surface area contributed by atoms with Crippen LogP contribution in [0.2, 0.25) is 0 Å². The minimum Gasteiger partial charge on any atom is -0.423 e. The van der Waals surface area contributed by atoms with Crippen LogP contribution in [0.4, 0.5) is 4.39 Å². The molecule has 0 saturated heterocycles. The number of carbonyl (C=O) groups is 1. The first-order valence-corrected chi connectivity index (χ1v) is 5.61. The molecule has 0 aliphatic rings. The molecule has 18 heavy (non-hydrogen) atoms. The molecule has 0 saturated carbocycles. The summed E-state index contributed by atoms with van der Waals surface area (Å²) < 4.78 is 19.3. The highest BCUT2D eigenvalue weighted by molar-refractivity contribution is 9.10. The summed E-state index contributed by atoms with van der Waals surface area (Å²) in [5, 5.41) is 0. The Bertz CT molecular complexity index is 589. The zero-order valence-corrected chi connectivity index (χ0v) is 10.5. The fourth-order valence-corrected chi connectivity index (χ4v) is 1.48. The monoisotopic (exact) mass is 311 g/mol. The second kappa shape index (κ2) is 5.09. The maximum Gasteiger partial charge on any atom is 0.321 e. The highest BCUT2D eigenvalue weighted by Crippen LogP contribution is 2.25. The van der Waals surface area contributed by atoms with Crippen LogP contribution in [0.5, 0.6) is 11.8 Å². The van der Waals surface area contributed by atoms with Gasteiger partial charge < -0.3 is 10.5 Å². The molecule has 1 heterocycles. The molecule has 2 aromatic rings. The third kappa shape index (κ3) is 2.62. The molecule has 2 rings (SSSR count). The highest BCUT2D eigenvalue weighted by atomic mass is 79.9. The fraction of sp³-hybridized carbons (Fsp3) is 0. The first kappa shape index (κ1) is 12.4. The van der Waals surface area contributed by atoms with Gasteiger partial charge in [-0.1, -0.05) is 6.07 Å². The zero-order valence-electron chi connectivity index (χ0n) is 8.93. The van der Waals surface area contributed by atoms with Crippen molar-refractivity contribution in [2.24, 2.45) is 5.73 Å². The Balaban J connectivity index is 2.37. The molecule has 5 nitrogen and oxygen atoms in total. The van der Waals surface area contributed by atoms with Crippen LogP contribution in [0, 0.1) is 5.82 Å². The molecule has 1 aromatic carbocycles. The molecule has 0 unspecified atom stereocenters. The van der Waals surface area contributed by atoms with E-state index >= 15 is 0 Å². The molecule has 2 N–H and O–H groups in total. The van der Waals surface area contributed by atoms with Crippen LogP contribution in [0.25, 0.3) is 0 Å². The maximum absolute atomic E-state index is 13.4. The van der Waals surface area contributed by atoms with E-state index < -0.39 is 11.7 Å². The lowest BCUT2D eigenvalue weighted by atomic mass is 10.2. The Kier molecular flexibility index (Phi) is 3.52. The van der Waals surface area contributed by atoms with E-state index in [0.29, 0.717) is 4.47 Å². The minimum absolute atomic E-state index is 0.00806. The van der Waals surface area contributed by atoms with Crippen LogP contribution in [0.15, 0.2) is 35.1 Å². The topological polar surface area (TPSA) is 78.1 Å². The molecule has 0 aliphatic heterocycles. The van der Waals surface area contributed by atoms with Gasteiger partial charge in [-0.15, -0.1) is 0 Å². The number of hydrogen-bond donors (Lipinski definition) is 1. The Morgan fingerprint density at radius 2 is 2.00 bits per heavy atom. The molecule has 1 aromatic heterocycles. The van der Waals surface area contributed by atoms with Crippen LogP contribution in [-0.2, 0) is 0 Å². The van der Waals surface area contributed by atoms with Crippen molar-refractivity contribution in [2.75, 3.05) is 0 Å². The molecular formula is C11H7BrFN3O2. The third-order valence-electron chi connectivity index (χ3n) is 2.02. The summed E-state index contributed by atoms with van der Waals surface area (Å²) in [5.41, 5.74) is 4.76. The van der Waals surface area contributed by atoms with E-state index in [-0.39, 0.29) is 17.3 Å². The van der Waals surface area contributed by atoms with E-state index in [4.69, 9.17) is 10.5 Å². The molecule has 0 fully saturated rings. The number of aromatic nitrogens is 2. The third-order valence-corrected chi connectivity index (χ3v) is 2.43. The Morgan fingerprint density at radius 1 is 1.33 bits per heavy atom. The van der Waals surface area contributed by atoms with Gasteiger partial charge >= 0.3 is 6.01 Å². The van der Waals surface area contributed by atoms with Crippen molar-refractivity contribution in [3.8, 4) is 11.8 Å². The van der Waals surface area contributed by atoms with Crippen molar-refractivity contribution in [1.29, 1.82) is 0 Å². The van der Waals surface area contributed by atoms with Gasteiger partial charge in [-0.25, -0.2) is 14.4 Å². The van der Waals surface area contributed by atoms with Crippen LogP contribution in [-0.4, -0.2) is 15.9 Å². The number of halogens is 2. The van der Waals surface area contributed by atoms with Gasteiger partial charge in [0.25, 0.3) is 5.91 Å². The van der Waals surface area contributed by atoms with Crippen molar-refractivity contribution >= 4 is 21.8 Å². The zero-order chi connectivity index (χ0) is 13.1. The largest absolute Gasteiger partial charge is 0.423 e. The molecule has 0 atom stereocenters. The number of carbonyl (C=O) groups excluding carboxylic acids is 1. The summed E-state index contributed by atoms with van der Waals surface area (Å²) in [6.07, 6.45) is 2.93. The summed E-state index contributed by atoms with van der Waals surface area (Å²) in [7, 11) is 0. The highest BCUT2D eigenvalue weighted by Gasteiger charge is 2.16. The van der Waals surface area contributed by atoms with Gasteiger partial charge in [0.15, 0.2) is 0 Å². The number of ether oxygens (including phenoxy) is 1. The number of amides is 1. The van der Waals surface area contributed by atoms with Crippen LogP contribution in [0.3, 0.4) is 0 Å². The molecule has 7 heteroatoms. The normalized spacial score (nSPS) is 10.1. The number of primary amides is 1. The van der Waals surface area contributed by atoms with Crippen LogP contribution >= 0.6 is 15.9 Å². The van der Waals surface area contributed by atoms with Gasteiger partial charge in [0.05, 0.1) is 4.47 Å². The van der Waals surface area contributed by atoms with Crippen LogP contribution in [0.1, 0.15) is 10.4 Å². The van der Waals surface area contributed by atoms with Crippen molar-refractivity contribution in [3.05, 3.63) is 46.4 Å². The first-order valence-electron chi connectivity index (χ1n) is 4.81. The van der Waals surface area contributed by atoms with E-state index in [9.17, 15) is 9.18 Å². The molecule has 0 aliphatic carbocycles.